The van der Waals surface area contributed by atoms with Crippen molar-refractivity contribution in [3.05, 3.63) is 34.6 Å². The highest BCUT2D eigenvalue weighted by Gasteiger charge is 2.24. The Kier molecular flexibility index (Phi) is 5.71. The zero-order chi connectivity index (χ0) is 11.5. The maximum Gasteiger partial charge on any atom is 0.142 e. The second-order valence-electron chi connectivity index (χ2n) is 4.57. The van der Waals surface area contributed by atoms with Crippen LogP contribution in [0.4, 0.5) is 4.39 Å². The van der Waals surface area contributed by atoms with Crippen LogP contribution >= 0.6 is 24.0 Å². The van der Waals surface area contributed by atoms with Crippen LogP contribution in [-0.4, -0.2) is 0 Å². The molecule has 1 saturated carbocycles. The van der Waals surface area contributed by atoms with Crippen molar-refractivity contribution in [3.63, 3.8) is 0 Å². The topological polar surface area (TPSA) is 26.0 Å². The molecule has 0 saturated heterocycles. The fraction of sp³-hybridized carbons (Fsp3) is 0.538. The van der Waals surface area contributed by atoms with E-state index in [1.807, 2.05) is 6.07 Å². The number of rotatable bonds is 2. The average Bonchev–Trinajstić information content (AvgIpc) is 2.33. The van der Waals surface area contributed by atoms with Crippen LogP contribution in [0.15, 0.2) is 18.2 Å². The summed E-state index contributed by atoms with van der Waals surface area (Å²) in [6.07, 6.45) is 6.01. The van der Waals surface area contributed by atoms with Gasteiger partial charge in [-0.15, -0.1) is 12.4 Å². The van der Waals surface area contributed by atoms with Crippen molar-refractivity contribution in [3.8, 4) is 0 Å². The van der Waals surface area contributed by atoms with Crippen LogP contribution < -0.4 is 5.73 Å². The molecule has 1 aromatic rings. The van der Waals surface area contributed by atoms with Gasteiger partial charge in [0.05, 0.1) is 5.02 Å². The predicted molar refractivity (Wildman–Crippen MR) is 72.2 cm³/mol. The van der Waals surface area contributed by atoms with Gasteiger partial charge in [0.2, 0.25) is 0 Å². The van der Waals surface area contributed by atoms with Crippen molar-refractivity contribution < 1.29 is 4.39 Å². The molecular formula is C13H18Cl2FN. The zero-order valence-corrected chi connectivity index (χ0v) is 11.2. The fourth-order valence-electron chi connectivity index (χ4n) is 2.53. The Hall–Kier alpha value is -0.310. The van der Waals surface area contributed by atoms with E-state index in [0.29, 0.717) is 5.92 Å². The normalized spacial score (nSPS) is 18.5. The van der Waals surface area contributed by atoms with Gasteiger partial charge in [-0.3, -0.25) is 0 Å². The third kappa shape index (κ3) is 3.34. The highest BCUT2D eigenvalue weighted by Crippen LogP contribution is 2.36. The monoisotopic (exact) mass is 277 g/mol. The van der Waals surface area contributed by atoms with E-state index in [1.54, 1.807) is 6.07 Å². The molecule has 0 bridgehead atoms. The van der Waals surface area contributed by atoms with Crippen molar-refractivity contribution in [2.75, 3.05) is 0 Å². The minimum atomic E-state index is -0.370. The maximum atomic E-state index is 13.3. The molecule has 17 heavy (non-hydrogen) atoms. The number of hydrogen-bond donors (Lipinski definition) is 1. The van der Waals surface area contributed by atoms with Gasteiger partial charge in [0.25, 0.3) is 0 Å². The third-order valence-electron chi connectivity index (χ3n) is 3.50. The van der Waals surface area contributed by atoms with Crippen LogP contribution in [0.3, 0.4) is 0 Å². The van der Waals surface area contributed by atoms with Gasteiger partial charge >= 0.3 is 0 Å². The smallest absolute Gasteiger partial charge is 0.142 e. The van der Waals surface area contributed by atoms with Gasteiger partial charge in [0.1, 0.15) is 5.82 Å². The number of benzene rings is 1. The van der Waals surface area contributed by atoms with Crippen LogP contribution in [0.1, 0.15) is 43.7 Å². The van der Waals surface area contributed by atoms with Gasteiger partial charge in [-0.1, -0.05) is 43.0 Å². The Labute approximate surface area is 113 Å². The minimum absolute atomic E-state index is 0. The second-order valence-corrected chi connectivity index (χ2v) is 4.94. The molecule has 2 rings (SSSR count). The molecule has 0 aromatic heterocycles. The molecular weight excluding hydrogens is 260 g/mol. The molecule has 0 heterocycles. The van der Waals surface area contributed by atoms with E-state index in [9.17, 15) is 4.39 Å². The summed E-state index contributed by atoms with van der Waals surface area (Å²) in [4.78, 5) is 0. The van der Waals surface area contributed by atoms with Crippen molar-refractivity contribution >= 4 is 24.0 Å². The first-order valence-corrected chi connectivity index (χ1v) is 6.27. The number of nitrogens with two attached hydrogens (primary N) is 1. The van der Waals surface area contributed by atoms with Gasteiger partial charge in [-0.25, -0.2) is 4.39 Å². The van der Waals surface area contributed by atoms with E-state index in [1.165, 1.54) is 25.3 Å². The fourth-order valence-corrected chi connectivity index (χ4v) is 2.78. The Balaban J connectivity index is 0.00000144. The summed E-state index contributed by atoms with van der Waals surface area (Å²) in [5.74, 6) is 0.0819. The highest BCUT2D eigenvalue weighted by atomic mass is 35.5. The summed E-state index contributed by atoms with van der Waals surface area (Å²) in [7, 11) is 0. The van der Waals surface area contributed by atoms with Crippen molar-refractivity contribution in [2.24, 2.45) is 11.7 Å². The molecule has 0 unspecified atom stereocenters. The van der Waals surface area contributed by atoms with Gasteiger partial charge in [-0.05, 0) is 30.4 Å². The Morgan fingerprint density at radius 3 is 2.53 bits per heavy atom. The maximum absolute atomic E-state index is 13.3. The van der Waals surface area contributed by atoms with E-state index in [4.69, 9.17) is 17.3 Å². The van der Waals surface area contributed by atoms with E-state index in [2.05, 4.69) is 0 Å². The molecule has 1 aliphatic rings. The van der Waals surface area contributed by atoms with Crippen LogP contribution in [0.2, 0.25) is 5.02 Å². The van der Waals surface area contributed by atoms with E-state index < -0.39 is 0 Å². The zero-order valence-electron chi connectivity index (χ0n) is 9.66. The molecule has 2 N–H and O–H groups in total. The van der Waals surface area contributed by atoms with Crippen LogP contribution in [0, 0.1) is 11.7 Å². The molecule has 1 atom stereocenters. The molecule has 1 aliphatic carbocycles. The van der Waals surface area contributed by atoms with E-state index in [0.717, 1.165) is 18.4 Å². The predicted octanol–water partition coefficient (Wildman–Crippen LogP) is 4.48. The largest absolute Gasteiger partial charge is 0.324 e. The van der Waals surface area contributed by atoms with Crippen LogP contribution in [0.5, 0.6) is 0 Å². The molecule has 0 amide bonds. The highest BCUT2D eigenvalue weighted by molar-refractivity contribution is 6.31. The molecule has 0 spiro atoms. The van der Waals surface area contributed by atoms with Crippen molar-refractivity contribution in [1.29, 1.82) is 0 Å². The lowest BCUT2D eigenvalue weighted by atomic mass is 9.81. The number of hydrogen-bond acceptors (Lipinski definition) is 1. The van der Waals surface area contributed by atoms with Crippen LogP contribution in [-0.2, 0) is 0 Å². The minimum Gasteiger partial charge on any atom is -0.324 e. The Bertz CT molecular complexity index is 364. The Morgan fingerprint density at radius 2 is 1.88 bits per heavy atom. The third-order valence-corrected chi connectivity index (χ3v) is 3.90. The van der Waals surface area contributed by atoms with Crippen molar-refractivity contribution in [2.45, 2.75) is 38.1 Å². The average molecular weight is 278 g/mol. The van der Waals surface area contributed by atoms with Gasteiger partial charge in [-0.2, -0.15) is 0 Å². The summed E-state index contributed by atoms with van der Waals surface area (Å²) >= 11 is 5.95. The second kappa shape index (κ2) is 6.58. The molecule has 0 radical (unpaired) electrons. The summed E-state index contributed by atoms with van der Waals surface area (Å²) < 4.78 is 13.3. The van der Waals surface area contributed by atoms with Crippen molar-refractivity contribution in [1.82, 2.24) is 0 Å². The first-order valence-electron chi connectivity index (χ1n) is 5.89. The van der Waals surface area contributed by atoms with E-state index >= 15 is 0 Å². The molecule has 4 heteroatoms. The lowest BCUT2D eigenvalue weighted by molar-refractivity contribution is 0.308. The standard InChI is InChI=1S/C13H17ClFN.ClH/c14-12-10(7-4-8-11(12)15)13(16)9-5-2-1-3-6-9;/h4,7-9,13H,1-3,5-6,16H2;1H/t13-;/m0./s1. The summed E-state index contributed by atoms with van der Waals surface area (Å²) in [5, 5.41) is 0.195. The van der Waals surface area contributed by atoms with Gasteiger partial charge in [0, 0.05) is 6.04 Å². The first-order chi connectivity index (χ1) is 7.70. The number of halogens is 3. The van der Waals surface area contributed by atoms with Crippen LogP contribution in [0.25, 0.3) is 0 Å². The lowest BCUT2D eigenvalue weighted by Crippen LogP contribution is -2.24. The first kappa shape index (κ1) is 14.7. The lowest BCUT2D eigenvalue weighted by Gasteiger charge is -2.28. The summed E-state index contributed by atoms with van der Waals surface area (Å²) in [5.41, 5.74) is 6.95. The molecule has 1 fully saturated rings. The molecule has 0 aliphatic heterocycles. The molecule has 1 aromatic carbocycles. The quantitative estimate of drug-likeness (QED) is 0.848. The SMILES string of the molecule is Cl.N[C@H](c1cccc(F)c1Cl)C1CCCCC1. The molecule has 1 nitrogen and oxygen atoms in total. The molecule has 96 valence electrons. The Morgan fingerprint density at radius 1 is 1.24 bits per heavy atom. The van der Waals surface area contributed by atoms with E-state index in [-0.39, 0.29) is 29.3 Å². The summed E-state index contributed by atoms with van der Waals surface area (Å²) in [6.45, 7) is 0. The van der Waals surface area contributed by atoms with Gasteiger partial charge < -0.3 is 5.73 Å². The van der Waals surface area contributed by atoms with Gasteiger partial charge in [0.15, 0.2) is 0 Å². The summed E-state index contributed by atoms with van der Waals surface area (Å²) in [6, 6.07) is 4.77.